The zero-order valence-electron chi connectivity index (χ0n) is 11.1. The maximum Gasteiger partial charge on any atom is 0.413 e. The van der Waals surface area contributed by atoms with E-state index < -0.39 is 22.9 Å². The van der Waals surface area contributed by atoms with Crippen LogP contribution in [0.4, 0.5) is 13.2 Å². The highest BCUT2D eigenvalue weighted by atomic mass is 19.4. The summed E-state index contributed by atoms with van der Waals surface area (Å²) in [5.41, 5.74) is -1.63. The molecule has 0 unspecified atom stereocenters. The molecule has 1 aromatic rings. The van der Waals surface area contributed by atoms with Crippen molar-refractivity contribution in [2.75, 3.05) is 0 Å². The van der Waals surface area contributed by atoms with Crippen molar-refractivity contribution in [1.29, 1.82) is 0 Å². The molecule has 0 N–H and O–H groups in total. The molecule has 0 spiro atoms. The summed E-state index contributed by atoms with van der Waals surface area (Å²) in [5, 5.41) is 0. The summed E-state index contributed by atoms with van der Waals surface area (Å²) in [5.74, 6) is -0.446. The lowest BCUT2D eigenvalue weighted by Gasteiger charge is -2.27. The number of rotatable bonds is 5. The topological polar surface area (TPSA) is 17.1 Å². The van der Waals surface area contributed by atoms with Gasteiger partial charge in [0.15, 0.2) is 0 Å². The Bertz CT molecular complexity index is 458. The van der Waals surface area contributed by atoms with Crippen LogP contribution >= 0.6 is 0 Å². The first-order valence-corrected chi connectivity index (χ1v) is 5.99. The number of alkyl halides is 3. The number of carbonyl (C=O) groups is 1. The quantitative estimate of drug-likeness (QED) is 0.728. The molecule has 0 saturated carbocycles. The number of halogens is 3. The third-order valence-corrected chi connectivity index (χ3v) is 3.28. The fraction of sp³-hybridized carbons (Fsp3) is 0.400. The Hall–Kier alpha value is -1.58. The number of Topliss-reactive ketones (excluding diaryl/α,β-unsaturated/α-hetero) is 1. The molecule has 0 saturated heterocycles. The van der Waals surface area contributed by atoms with Gasteiger partial charge in [-0.3, -0.25) is 4.79 Å². The minimum Gasteiger partial charge on any atom is -0.299 e. The van der Waals surface area contributed by atoms with Crippen LogP contribution in [0.25, 0.3) is 0 Å². The Balaban J connectivity index is 2.70. The van der Waals surface area contributed by atoms with Crippen molar-refractivity contribution in [1.82, 2.24) is 0 Å². The van der Waals surface area contributed by atoms with Crippen LogP contribution < -0.4 is 0 Å². The molecule has 0 aliphatic heterocycles. The number of hydrogen-bond donors (Lipinski definition) is 0. The Labute approximate surface area is 111 Å². The molecule has 1 nitrogen and oxygen atoms in total. The monoisotopic (exact) mass is 270 g/mol. The van der Waals surface area contributed by atoms with Crippen molar-refractivity contribution in [2.24, 2.45) is 5.41 Å². The summed E-state index contributed by atoms with van der Waals surface area (Å²) < 4.78 is 37.8. The van der Waals surface area contributed by atoms with E-state index in [2.05, 4.69) is 6.58 Å². The van der Waals surface area contributed by atoms with Crippen molar-refractivity contribution in [2.45, 2.75) is 32.9 Å². The van der Waals surface area contributed by atoms with Crippen LogP contribution in [-0.2, 0) is 11.2 Å². The molecule has 1 aromatic carbocycles. The van der Waals surface area contributed by atoms with E-state index >= 15 is 0 Å². The third kappa shape index (κ3) is 3.94. The lowest BCUT2D eigenvalue weighted by Crippen LogP contribution is -2.33. The minimum atomic E-state index is -4.54. The number of carbonyl (C=O) groups excluding carboxylic acids is 1. The molecule has 0 aliphatic rings. The summed E-state index contributed by atoms with van der Waals surface area (Å²) in [6.07, 6.45) is -4.02. The summed E-state index contributed by atoms with van der Waals surface area (Å²) in [6, 6.07) is 9.21. The van der Waals surface area contributed by atoms with Crippen LogP contribution in [0.2, 0.25) is 0 Å². The van der Waals surface area contributed by atoms with E-state index in [1.54, 1.807) is 0 Å². The molecule has 1 rings (SSSR count). The van der Waals surface area contributed by atoms with E-state index in [1.807, 2.05) is 30.3 Å². The van der Waals surface area contributed by atoms with Gasteiger partial charge >= 0.3 is 6.18 Å². The van der Waals surface area contributed by atoms with E-state index in [9.17, 15) is 18.0 Å². The van der Waals surface area contributed by atoms with Crippen molar-refractivity contribution in [3.8, 4) is 0 Å². The second-order valence-corrected chi connectivity index (χ2v) is 5.01. The first-order valence-electron chi connectivity index (χ1n) is 5.99. The highest BCUT2D eigenvalue weighted by Gasteiger charge is 2.44. The molecule has 0 aromatic heterocycles. The molecule has 19 heavy (non-hydrogen) atoms. The van der Waals surface area contributed by atoms with Crippen LogP contribution in [0.1, 0.15) is 25.8 Å². The number of allylic oxidation sites excluding steroid dienone is 1. The molecule has 0 radical (unpaired) electrons. The molecule has 0 bridgehead atoms. The average molecular weight is 270 g/mol. The van der Waals surface area contributed by atoms with Gasteiger partial charge in [0, 0.05) is 12.0 Å². The van der Waals surface area contributed by atoms with Gasteiger partial charge in [-0.25, -0.2) is 0 Å². The normalized spacial score (nSPS) is 12.3. The largest absolute Gasteiger partial charge is 0.413 e. The summed E-state index contributed by atoms with van der Waals surface area (Å²) in [7, 11) is 0. The number of benzene rings is 1. The second kappa shape index (κ2) is 5.59. The molecule has 4 heteroatoms. The summed E-state index contributed by atoms with van der Waals surface area (Å²) in [4.78, 5) is 12.0. The molecule has 0 aliphatic carbocycles. The lowest BCUT2D eigenvalue weighted by molar-refractivity contribution is -0.134. The lowest BCUT2D eigenvalue weighted by atomic mass is 9.78. The molecule has 0 amide bonds. The van der Waals surface area contributed by atoms with E-state index in [4.69, 9.17) is 0 Å². The fourth-order valence-corrected chi connectivity index (χ4v) is 1.74. The van der Waals surface area contributed by atoms with Crippen molar-refractivity contribution >= 4 is 5.78 Å². The number of hydrogen-bond acceptors (Lipinski definition) is 1. The highest BCUT2D eigenvalue weighted by Crippen LogP contribution is 2.39. The van der Waals surface area contributed by atoms with Gasteiger partial charge in [0.1, 0.15) is 5.78 Å². The van der Waals surface area contributed by atoms with E-state index in [-0.39, 0.29) is 6.42 Å². The van der Waals surface area contributed by atoms with E-state index in [0.29, 0.717) is 6.42 Å². The molecule has 0 fully saturated rings. The standard InChI is InChI=1S/C15H17F3O/c1-11(15(16,17)18)14(2,3)13(19)10-9-12-7-5-4-6-8-12/h4-8H,1,9-10H2,2-3H3. The van der Waals surface area contributed by atoms with Crippen LogP contribution in [0.3, 0.4) is 0 Å². The van der Waals surface area contributed by atoms with Crippen LogP contribution in [0.15, 0.2) is 42.5 Å². The summed E-state index contributed by atoms with van der Waals surface area (Å²) in [6.45, 7) is 5.58. The van der Waals surface area contributed by atoms with Gasteiger partial charge in [-0.1, -0.05) is 36.9 Å². The number of aryl methyl sites for hydroxylation is 1. The van der Waals surface area contributed by atoms with Crippen LogP contribution in [0.5, 0.6) is 0 Å². The maximum absolute atomic E-state index is 12.6. The molecule has 104 valence electrons. The Kier molecular flexibility index (Phi) is 4.56. The second-order valence-electron chi connectivity index (χ2n) is 5.01. The third-order valence-electron chi connectivity index (χ3n) is 3.28. The Morgan fingerprint density at radius 2 is 1.68 bits per heavy atom. The van der Waals surface area contributed by atoms with Gasteiger partial charge in [0.25, 0.3) is 0 Å². The van der Waals surface area contributed by atoms with Gasteiger partial charge in [-0.05, 0) is 25.8 Å². The van der Waals surface area contributed by atoms with Gasteiger partial charge in [-0.15, -0.1) is 0 Å². The highest BCUT2D eigenvalue weighted by molar-refractivity contribution is 5.87. The fourth-order valence-electron chi connectivity index (χ4n) is 1.74. The molecular formula is C15H17F3O. The van der Waals surface area contributed by atoms with Gasteiger partial charge in [0.2, 0.25) is 0 Å². The van der Waals surface area contributed by atoms with Crippen LogP contribution in [0, 0.1) is 5.41 Å². The van der Waals surface area contributed by atoms with Crippen LogP contribution in [-0.4, -0.2) is 12.0 Å². The smallest absolute Gasteiger partial charge is 0.299 e. The zero-order chi connectivity index (χ0) is 14.7. The zero-order valence-corrected chi connectivity index (χ0v) is 11.1. The van der Waals surface area contributed by atoms with Gasteiger partial charge in [0.05, 0.1) is 5.41 Å². The predicted molar refractivity (Wildman–Crippen MR) is 68.7 cm³/mol. The number of ketones is 1. The average Bonchev–Trinajstić information content (AvgIpc) is 2.35. The first-order chi connectivity index (χ1) is 8.65. The van der Waals surface area contributed by atoms with E-state index in [0.717, 1.165) is 5.56 Å². The van der Waals surface area contributed by atoms with Gasteiger partial charge in [-0.2, -0.15) is 13.2 Å². The Morgan fingerprint density at radius 1 is 1.16 bits per heavy atom. The SMILES string of the molecule is C=C(C(F)(F)F)C(C)(C)C(=O)CCc1ccccc1. The summed E-state index contributed by atoms with van der Waals surface area (Å²) >= 11 is 0. The van der Waals surface area contributed by atoms with Crippen molar-refractivity contribution in [3.05, 3.63) is 48.0 Å². The molecular weight excluding hydrogens is 253 g/mol. The predicted octanol–water partition coefficient (Wildman–Crippen LogP) is 4.33. The van der Waals surface area contributed by atoms with Gasteiger partial charge < -0.3 is 0 Å². The molecule has 0 atom stereocenters. The Morgan fingerprint density at radius 3 is 2.16 bits per heavy atom. The van der Waals surface area contributed by atoms with E-state index in [1.165, 1.54) is 13.8 Å². The first kappa shape index (κ1) is 15.5. The maximum atomic E-state index is 12.6. The minimum absolute atomic E-state index is 0.0755. The molecule has 0 heterocycles. The van der Waals surface area contributed by atoms with Crippen molar-refractivity contribution < 1.29 is 18.0 Å². The van der Waals surface area contributed by atoms with Crippen molar-refractivity contribution in [3.63, 3.8) is 0 Å².